The van der Waals surface area contributed by atoms with Crippen LogP contribution in [0.1, 0.15) is 32.6 Å². The second-order valence-electron chi connectivity index (χ2n) is 4.39. The molecule has 2 unspecified atom stereocenters. The van der Waals surface area contributed by atoms with Crippen LogP contribution in [-0.2, 0) is 14.3 Å². The van der Waals surface area contributed by atoms with Crippen LogP contribution in [0.4, 0.5) is 0 Å². The lowest BCUT2D eigenvalue weighted by Gasteiger charge is -2.10. The van der Waals surface area contributed by atoms with Gasteiger partial charge in [-0.25, -0.2) is 0 Å². The lowest BCUT2D eigenvalue weighted by molar-refractivity contribution is -0.145. The van der Waals surface area contributed by atoms with Crippen molar-refractivity contribution in [1.29, 1.82) is 0 Å². The molecule has 1 rings (SSSR count). The van der Waals surface area contributed by atoms with Gasteiger partial charge in [0.15, 0.2) is 0 Å². The van der Waals surface area contributed by atoms with Gasteiger partial charge in [-0.3, -0.25) is 4.79 Å². The van der Waals surface area contributed by atoms with Crippen LogP contribution >= 0.6 is 0 Å². The van der Waals surface area contributed by atoms with Crippen LogP contribution in [0.5, 0.6) is 0 Å². The Morgan fingerprint density at radius 3 is 2.94 bits per heavy atom. The molecule has 0 radical (unpaired) electrons. The molecule has 0 saturated carbocycles. The third-order valence-corrected chi connectivity index (χ3v) is 2.90. The Bertz CT molecular complexity index is 208. The molecule has 1 saturated heterocycles. The Labute approximate surface area is 97.7 Å². The Hall–Kier alpha value is -0.610. The molecule has 4 heteroatoms. The molecule has 0 aromatic heterocycles. The van der Waals surface area contributed by atoms with Gasteiger partial charge >= 0.3 is 5.97 Å². The summed E-state index contributed by atoms with van der Waals surface area (Å²) in [6, 6.07) is -0.123. The molecule has 0 spiro atoms. The maximum Gasteiger partial charge on any atom is 0.323 e. The summed E-state index contributed by atoms with van der Waals surface area (Å²) in [4.78, 5) is 11.6. The number of rotatable bonds is 7. The fourth-order valence-corrected chi connectivity index (χ4v) is 1.98. The monoisotopic (exact) mass is 229 g/mol. The number of unbranched alkanes of at least 4 members (excludes halogenated alkanes) is 2. The van der Waals surface area contributed by atoms with Crippen molar-refractivity contribution in [2.75, 3.05) is 26.9 Å². The highest BCUT2D eigenvalue weighted by Gasteiger charge is 2.30. The number of ether oxygens (including phenoxy) is 2. The molecule has 1 fully saturated rings. The van der Waals surface area contributed by atoms with E-state index >= 15 is 0 Å². The third-order valence-electron chi connectivity index (χ3n) is 2.90. The Kier molecular flexibility index (Phi) is 6.42. The van der Waals surface area contributed by atoms with Crippen LogP contribution in [-0.4, -0.2) is 38.9 Å². The van der Waals surface area contributed by atoms with Gasteiger partial charge in [0.1, 0.15) is 6.04 Å². The highest BCUT2D eigenvalue weighted by atomic mass is 16.5. The van der Waals surface area contributed by atoms with E-state index in [2.05, 4.69) is 12.2 Å². The van der Waals surface area contributed by atoms with E-state index in [1.807, 2.05) is 0 Å². The van der Waals surface area contributed by atoms with Gasteiger partial charge < -0.3 is 14.8 Å². The van der Waals surface area contributed by atoms with Crippen molar-refractivity contribution in [3.8, 4) is 0 Å². The number of esters is 1. The molecule has 16 heavy (non-hydrogen) atoms. The zero-order chi connectivity index (χ0) is 11.8. The van der Waals surface area contributed by atoms with Crippen molar-refractivity contribution >= 4 is 5.97 Å². The molecule has 0 aromatic carbocycles. The van der Waals surface area contributed by atoms with Gasteiger partial charge in [0.25, 0.3) is 0 Å². The van der Waals surface area contributed by atoms with E-state index in [0.29, 0.717) is 19.1 Å². The molecule has 1 heterocycles. The number of methoxy groups -OCH3 is 1. The normalized spacial score (nSPS) is 24.6. The number of carbonyl (C=O) groups excluding carboxylic acids is 1. The number of nitrogens with one attached hydrogen (secondary N) is 1. The molecule has 4 nitrogen and oxygen atoms in total. The van der Waals surface area contributed by atoms with Gasteiger partial charge in [0.05, 0.1) is 13.2 Å². The van der Waals surface area contributed by atoms with Gasteiger partial charge in [-0.1, -0.05) is 19.8 Å². The number of carbonyl (C=O) groups is 1. The average molecular weight is 229 g/mol. The molecule has 2 atom stereocenters. The predicted molar refractivity (Wildman–Crippen MR) is 62.3 cm³/mol. The highest BCUT2D eigenvalue weighted by Crippen LogP contribution is 2.15. The number of hydrogen-bond acceptors (Lipinski definition) is 4. The first-order valence-electron chi connectivity index (χ1n) is 6.16. The zero-order valence-corrected chi connectivity index (χ0v) is 10.3. The molecule has 94 valence electrons. The van der Waals surface area contributed by atoms with Crippen molar-refractivity contribution in [2.24, 2.45) is 5.92 Å². The van der Waals surface area contributed by atoms with Gasteiger partial charge in [0, 0.05) is 13.7 Å². The van der Waals surface area contributed by atoms with E-state index in [0.717, 1.165) is 32.2 Å². The average Bonchev–Trinajstić information content (AvgIpc) is 2.73. The molecule has 0 amide bonds. The molecule has 1 aliphatic heterocycles. The molecular formula is C12H23NO3. The van der Waals surface area contributed by atoms with E-state index in [1.165, 1.54) is 0 Å². The van der Waals surface area contributed by atoms with E-state index in [1.54, 1.807) is 7.11 Å². The first-order chi connectivity index (χ1) is 7.77. The van der Waals surface area contributed by atoms with Crippen molar-refractivity contribution in [3.63, 3.8) is 0 Å². The van der Waals surface area contributed by atoms with E-state index in [-0.39, 0.29) is 12.0 Å². The summed E-state index contributed by atoms with van der Waals surface area (Å²) in [5, 5.41) is 3.18. The topological polar surface area (TPSA) is 47.6 Å². The summed E-state index contributed by atoms with van der Waals surface area (Å²) in [5.41, 5.74) is 0. The minimum atomic E-state index is -0.123. The van der Waals surface area contributed by atoms with Crippen LogP contribution in [0, 0.1) is 5.92 Å². The van der Waals surface area contributed by atoms with Crippen LogP contribution in [0.3, 0.4) is 0 Å². The van der Waals surface area contributed by atoms with Crippen LogP contribution in [0.15, 0.2) is 0 Å². The van der Waals surface area contributed by atoms with Crippen LogP contribution < -0.4 is 5.32 Å². The Morgan fingerprint density at radius 1 is 1.44 bits per heavy atom. The summed E-state index contributed by atoms with van der Waals surface area (Å²) in [6.45, 7) is 4.25. The van der Waals surface area contributed by atoms with Gasteiger partial charge in [-0.2, -0.15) is 0 Å². The summed E-state index contributed by atoms with van der Waals surface area (Å²) in [7, 11) is 1.69. The maximum absolute atomic E-state index is 11.6. The first-order valence-corrected chi connectivity index (χ1v) is 6.16. The molecular weight excluding hydrogens is 206 g/mol. The highest BCUT2D eigenvalue weighted by molar-refractivity contribution is 5.76. The van der Waals surface area contributed by atoms with E-state index in [9.17, 15) is 4.79 Å². The van der Waals surface area contributed by atoms with Crippen molar-refractivity contribution in [2.45, 2.75) is 38.6 Å². The van der Waals surface area contributed by atoms with E-state index in [4.69, 9.17) is 9.47 Å². The first kappa shape index (κ1) is 13.5. The number of hydrogen-bond donors (Lipinski definition) is 1. The van der Waals surface area contributed by atoms with Gasteiger partial charge in [-0.05, 0) is 18.8 Å². The SMILES string of the molecule is CCCCCOC(=O)C1CC(COC)CN1. The second-order valence-corrected chi connectivity index (χ2v) is 4.39. The minimum absolute atomic E-state index is 0.102. The summed E-state index contributed by atoms with van der Waals surface area (Å²) < 4.78 is 10.3. The minimum Gasteiger partial charge on any atom is -0.465 e. The predicted octanol–water partition coefficient (Wildman–Crippen LogP) is 1.34. The summed E-state index contributed by atoms with van der Waals surface area (Å²) >= 11 is 0. The lowest BCUT2D eigenvalue weighted by atomic mass is 10.1. The summed E-state index contributed by atoms with van der Waals surface area (Å²) in [6.07, 6.45) is 4.07. The second kappa shape index (κ2) is 7.63. The largest absolute Gasteiger partial charge is 0.465 e. The van der Waals surface area contributed by atoms with E-state index < -0.39 is 0 Å². The Morgan fingerprint density at radius 2 is 2.25 bits per heavy atom. The van der Waals surface area contributed by atoms with Crippen LogP contribution in [0.25, 0.3) is 0 Å². The fourth-order valence-electron chi connectivity index (χ4n) is 1.98. The maximum atomic E-state index is 11.6. The molecule has 0 aromatic rings. The van der Waals surface area contributed by atoms with Gasteiger partial charge in [-0.15, -0.1) is 0 Å². The standard InChI is InChI=1S/C12H23NO3/c1-3-4-5-6-16-12(14)11-7-10(8-13-11)9-15-2/h10-11,13H,3-9H2,1-2H3. The van der Waals surface area contributed by atoms with Gasteiger partial charge in [0.2, 0.25) is 0 Å². The van der Waals surface area contributed by atoms with Crippen molar-refractivity contribution in [3.05, 3.63) is 0 Å². The third kappa shape index (κ3) is 4.49. The molecule has 1 N–H and O–H groups in total. The molecule has 0 bridgehead atoms. The quantitative estimate of drug-likeness (QED) is 0.529. The van der Waals surface area contributed by atoms with Crippen LogP contribution in [0.2, 0.25) is 0 Å². The molecule has 1 aliphatic rings. The van der Waals surface area contributed by atoms with Crippen molar-refractivity contribution < 1.29 is 14.3 Å². The fraction of sp³-hybridized carbons (Fsp3) is 0.917. The summed E-state index contributed by atoms with van der Waals surface area (Å²) in [5.74, 6) is 0.341. The Balaban J connectivity index is 2.13. The lowest BCUT2D eigenvalue weighted by Crippen LogP contribution is -2.32. The zero-order valence-electron chi connectivity index (χ0n) is 10.3. The molecule has 0 aliphatic carbocycles. The van der Waals surface area contributed by atoms with Crippen molar-refractivity contribution in [1.82, 2.24) is 5.32 Å². The smallest absolute Gasteiger partial charge is 0.323 e.